The number of rotatable bonds is 3. The second-order valence-electron chi connectivity index (χ2n) is 4.60. The van der Waals surface area contributed by atoms with Crippen molar-refractivity contribution in [2.75, 3.05) is 13.1 Å². The number of carboxylic acids is 1. The molecule has 0 aliphatic carbocycles. The first-order valence-corrected chi connectivity index (χ1v) is 7.63. The molecule has 1 atom stereocenters. The van der Waals surface area contributed by atoms with Crippen LogP contribution in [0.4, 0.5) is 0 Å². The van der Waals surface area contributed by atoms with Gasteiger partial charge in [0.05, 0.1) is 10.8 Å². The number of halogens is 1. The van der Waals surface area contributed by atoms with Crippen LogP contribution in [0.15, 0.2) is 23.1 Å². The molecule has 0 radical (unpaired) electrons. The van der Waals surface area contributed by atoms with Gasteiger partial charge in [0.15, 0.2) is 0 Å². The fraction of sp³-hybridized carbons (Fsp3) is 0.417. The first-order chi connectivity index (χ1) is 8.82. The van der Waals surface area contributed by atoms with Crippen molar-refractivity contribution in [3.63, 3.8) is 0 Å². The number of benzene rings is 1. The predicted octanol–water partition coefficient (Wildman–Crippen LogP) is 1.74. The number of aryl methyl sites for hydroxylation is 1. The summed E-state index contributed by atoms with van der Waals surface area (Å²) in [5.74, 6) is -1.59. The Morgan fingerprint density at radius 3 is 2.68 bits per heavy atom. The zero-order chi connectivity index (χ0) is 14.2. The van der Waals surface area contributed by atoms with Crippen LogP contribution in [0.25, 0.3) is 0 Å². The highest BCUT2D eigenvalue weighted by atomic mass is 35.5. The molecular formula is C12H14ClNO4S. The Morgan fingerprint density at radius 2 is 2.16 bits per heavy atom. The van der Waals surface area contributed by atoms with Crippen LogP contribution < -0.4 is 0 Å². The van der Waals surface area contributed by atoms with E-state index in [0.29, 0.717) is 11.4 Å². The molecule has 0 aromatic heterocycles. The van der Waals surface area contributed by atoms with Gasteiger partial charge in [-0.3, -0.25) is 4.79 Å². The van der Waals surface area contributed by atoms with Gasteiger partial charge in [-0.1, -0.05) is 17.7 Å². The molecule has 1 aliphatic heterocycles. The van der Waals surface area contributed by atoms with Gasteiger partial charge in [0.1, 0.15) is 0 Å². The third-order valence-electron chi connectivity index (χ3n) is 3.28. The summed E-state index contributed by atoms with van der Waals surface area (Å²) in [6.45, 7) is 2.03. The molecular weight excluding hydrogens is 290 g/mol. The lowest BCUT2D eigenvalue weighted by atomic mass is 10.1. The van der Waals surface area contributed by atoms with Crippen LogP contribution in [0.3, 0.4) is 0 Å². The number of carboxylic acid groups (broad SMARTS) is 1. The molecule has 0 spiro atoms. The molecule has 2 rings (SSSR count). The molecule has 7 heteroatoms. The van der Waals surface area contributed by atoms with Crippen LogP contribution in [-0.2, 0) is 14.8 Å². The van der Waals surface area contributed by atoms with E-state index in [0.717, 1.165) is 5.56 Å². The number of nitrogens with zero attached hydrogens (tertiary/aromatic N) is 1. The molecule has 1 saturated heterocycles. The Kier molecular flexibility index (Phi) is 3.85. The van der Waals surface area contributed by atoms with Gasteiger partial charge < -0.3 is 5.11 Å². The minimum atomic E-state index is -3.66. The molecule has 104 valence electrons. The van der Waals surface area contributed by atoms with Gasteiger partial charge in [-0.15, -0.1) is 0 Å². The van der Waals surface area contributed by atoms with E-state index in [1.807, 2.05) is 0 Å². The monoisotopic (exact) mass is 303 g/mol. The normalized spacial score (nSPS) is 20.6. The Balaban J connectivity index is 2.28. The SMILES string of the molecule is Cc1ccc(S(=O)(=O)N2CCC(C(=O)O)C2)cc1Cl. The Morgan fingerprint density at radius 1 is 1.47 bits per heavy atom. The Labute approximate surface area is 116 Å². The average Bonchev–Trinajstić information content (AvgIpc) is 2.82. The van der Waals surface area contributed by atoms with Gasteiger partial charge in [0, 0.05) is 18.1 Å². The van der Waals surface area contributed by atoms with E-state index >= 15 is 0 Å². The molecule has 5 nitrogen and oxygen atoms in total. The minimum absolute atomic E-state index is 0.0170. The van der Waals surface area contributed by atoms with E-state index in [-0.39, 0.29) is 18.0 Å². The summed E-state index contributed by atoms with van der Waals surface area (Å²) in [7, 11) is -3.66. The summed E-state index contributed by atoms with van der Waals surface area (Å²) >= 11 is 5.93. The number of aliphatic carboxylic acids is 1. The van der Waals surface area contributed by atoms with Gasteiger partial charge in [0.25, 0.3) is 0 Å². The molecule has 1 fully saturated rings. The van der Waals surface area contributed by atoms with Gasteiger partial charge in [0.2, 0.25) is 10.0 Å². The van der Waals surface area contributed by atoms with Crippen molar-refractivity contribution >= 4 is 27.6 Å². The van der Waals surface area contributed by atoms with E-state index in [1.165, 1.54) is 16.4 Å². The molecule has 0 saturated carbocycles. The fourth-order valence-corrected chi connectivity index (χ4v) is 3.80. The fourth-order valence-electron chi connectivity index (χ4n) is 2.03. The standard InChI is InChI=1S/C12H14ClNO4S/c1-8-2-3-10(6-11(8)13)19(17,18)14-5-4-9(7-14)12(15)16/h2-3,6,9H,4-5,7H2,1H3,(H,15,16). The van der Waals surface area contributed by atoms with Gasteiger partial charge in [-0.2, -0.15) is 4.31 Å². The lowest BCUT2D eigenvalue weighted by Crippen LogP contribution is -2.30. The van der Waals surface area contributed by atoms with Crippen LogP contribution in [0.1, 0.15) is 12.0 Å². The van der Waals surface area contributed by atoms with Crippen molar-refractivity contribution in [3.05, 3.63) is 28.8 Å². The van der Waals surface area contributed by atoms with E-state index in [2.05, 4.69) is 0 Å². The predicted molar refractivity (Wildman–Crippen MR) is 70.7 cm³/mol. The topological polar surface area (TPSA) is 74.7 Å². The van der Waals surface area contributed by atoms with E-state index in [1.54, 1.807) is 13.0 Å². The van der Waals surface area contributed by atoms with Gasteiger partial charge in [-0.05, 0) is 31.0 Å². The molecule has 0 bridgehead atoms. The summed E-state index contributed by atoms with van der Waals surface area (Å²) in [6, 6.07) is 4.53. The highest BCUT2D eigenvalue weighted by Gasteiger charge is 2.35. The van der Waals surface area contributed by atoms with Crippen LogP contribution >= 0.6 is 11.6 Å². The number of hydrogen-bond acceptors (Lipinski definition) is 3. The van der Waals surface area contributed by atoms with Crippen molar-refractivity contribution < 1.29 is 18.3 Å². The maximum Gasteiger partial charge on any atom is 0.307 e. The highest BCUT2D eigenvalue weighted by Crippen LogP contribution is 2.27. The maximum absolute atomic E-state index is 12.3. The molecule has 19 heavy (non-hydrogen) atoms. The summed E-state index contributed by atoms with van der Waals surface area (Å²) in [4.78, 5) is 11.0. The van der Waals surface area contributed by atoms with Crippen molar-refractivity contribution in [2.24, 2.45) is 5.92 Å². The molecule has 0 amide bonds. The summed E-state index contributed by atoms with van der Waals surface area (Å²) < 4.78 is 25.9. The van der Waals surface area contributed by atoms with E-state index in [9.17, 15) is 13.2 Å². The lowest BCUT2D eigenvalue weighted by molar-refractivity contribution is -0.141. The third-order valence-corrected chi connectivity index (χ3v) is 5.55. The minimum Gasteiger partial charge on any atom is -0.481 e. The van der Waals surface area contributed by atoms with Gasteiger partial charge in [-0.25, -0.2) is 8.42 Å². The van der Waals surface area contributed by atoms with Crippen LogP contribution in [-0.4, -0.2) is 36.9 Å². The first kappa shape index (κ1) is 14.3. The largest absolute Gasteiger partial charge is 0.481 e. The van der Waals surface area contributed by atoms with Crippen molar-refractivity contribution in [3.8, 4) is 0 Å². The van der Waals surface area contributed by atoms with Crippen molar-refractivity contribution in [1.82, 2.24) is 4.31 Å². The summed E-state index contributed by atoms with van der Waals surface area (Å²) in [5.41, 5.74) is 0.797. The second-order valence-corrected chi connectivity index (χ2v) is 6.94. The highest BCUT2D eigenvalue weighted by molar-refractivity contribution is 7.89. The smallest absolute Gasteiger partial charge is 0.307 e. The van der Waals surface area contributed by atoms with Gasteiger partial charge >= 0.3 is 5.97 Å². The Bertz CT molecular complexity index is 614. The van der Waals surface area contributed by atoms with Crippen LogP contribution in [0.2, 0.25) is 5.02 Å². The quantitative estimate of drug-likeness (QED) is 0.923. The third kappa shape index (κ3) is 2.75. The summed E-state index contributed by atoms with van der Waals surface area (Å²) in [6.07, 6.45) is 0.341. The molecule has 1 aliphatic rings. The van der Waals surface area contributed by atoms with Crippen LogP contribution in [0, 0.1) is 12.8 Å². The second kappa shape index (κ2) is 5.11. The lowest BCUT2D eigenvalue weighted by Gasteiger charge is -2.16. The van der Waals surface area contributed by atoms with Crippen LogP contribution in [0.5, 0.6) is 0 Å². The molecule has 1 aromatic rings. The first-order valence-electron chi connectivity index (χ1n) is 5.81. The molecule has 1 N–H and O–H groups in total. The average molecular weight is 304 g/mol. The van der Waals surface area contributed by atoms with E-state index in [4.69, 9.17) is 16.7 Å². The molecule has 1 aromatic carbocycles. The zero-order valence-electron chi connectivity index (χ0n) is 10.3. The molecule has 1 heterocycles. The zero-order valence-corrected chi connectivity index (χ0v) is 11.9. The number of sulfonamides is 1. The van der Waals surface area contributed by atoms with E-state index < -0.39 is 21.9 Å². The Hall–Kier alpha value is -1.11. The van der Waals surface area contributed by atoms with Crippen molar-refractivity contribution in [2.45, 2.75) is 18.2 Å². The molecule has 1 unspecified atom stereocenters. The van der Waals surface area contributed by atoms with Crippen molar-refractivity contribution in [1.29, 1.82) is 0 Å². The number of hydrogen-bond donors (Lipinski definition) is 1. The summed E-state index contributed by atoms with van der Waals surface area (Å²) in [5, 5.41) is 9.29. The number of carbonyl (C=O) groups is 1. The maximum atomic E-state index is 12.3.